The van der Waals surface area contributed by atoms with Crippen molar-refractivity contribution < 1.29 is 8.42 Å². The van der Waals surface area contributed by atoms with E-state index < -0.39 is 15.4 Å². The average molecular weight is 252 g/mol. The number of hydrogen-bond acceptors (Lipinski definition) is 4. The number of rotatable bonds is 4. The molecule has 2 N–H and O–H groups in total. The smallest absolute Gasteiger partial charge is 0.156 e. The zero-order valence-electron chi connectivity index (χ0n) is 9.97. The molecule has 1 aromatic carbocycles. The van der Waals surface area contributed by atoms with Gasteiger partial charge in [0, 0.05) is 5.54 Å². The normalized spacial score (nSPS) is 12.1. The number of nitriles is 1. The summed E-state index contributed by atoms with van der Waals surface area (Å²) in [6, 6.07) is 8.68. The molecule has 0 heterocycles. The highest BCUT2D eigenvalue weighted by Crippen LogP contribution is 2.14. The quantitative estimate of drug-likeness (QED) is 0.873. The van der Waals surface area contributed by atoms with E-state index in [-0.39, 0.29) is 11.5 Å². The minimum Gasteiger partial charge on any atom is -0.325 e. The molecule has 0 atom stereocenters. The monoisotopic (exact) mass is 252 g/mol. The highest BCUT2D eigenvalue weighted by molar-refractivity contribution is 7.90. The SMILES string of the molecule is CC(C)(N)CS(=O)(=O)Cc1ccccc1C#N. The molecule has 0 aliphatic rings. The highest BCUT2D eigenvalue weighted by Gasteiger charge is 2.23. The predicted octanol–water partition coefficient (Wildman–Crippen LogP) is 1.21. The second-order valence-corrected chi connectivity index (χ2v) is 6.85. The van der Waals surface area contributed by atoms with Crippen molar-refractivity contribution in [2.75, 3.05) is 5.75 Å². The summed E-state index contributed by atoms with van der Waals surface area (Å²) in [4.78, 5) is 0. The van der Waals surface area contributed by atoms with Gasteiger partial charge in [0.1, 0.15) is 0 Å². The van der Waals surface area contributed by atoms with E-state index in [1.54, 1.807) is 38.1 Å². The molecule has 0 saturated carbocycles. The Morgan fingerprint density at radius 1 is 1.35 bits per heavy atom. The van der Waals surface area contributed by atoms with Gasteiger partial charge in [0.25, 0.3) is 0 Å². The van der Waals surface area contributed by atoms with Crippen molar-refractivity contribution in [2.45, 2.75) is 25.1 Å². The number of nitrogens with two attached hydrogens (primary N) is 1. The Hall–Kier alpha value is -1.38. The van der Waals surface area contributed by atoms with Gasteiger partial charge >= 0.3 is 0 Å². The van der Waals surface area contributed by atoms with Crippen molar-refractivity contribution in [1.29, 1.82) is 5.26 Å². The van der Waals surface area contributed by atoms with Crippen LogP contribution < -0.4 is 5.73 Å². The molecule has 0 aromatic heterocycles. The molecule has 5 heteroatoms. The maximum Gasteiger partial charge on any atom is 0.156 e. The molecule has 0 saturated heterocycles. The summed E-state index contributed by atoms with van der Waals surface area (Å²) >= 11 is 0. The summed E-state index contributed by atoms with van der Waals surface area (Å²) in [5.74, 6) is -0.239. The summed E-state index contributed by atoms with van der Waals surface area (Å²) < 4.78 is 23.8. The number of sulfone groups is 1. The van der Waals surface area contributed by atoms with Crippen molar-refractivity contribution in [3.8, 4) is 6.07 Å². The van der Waals surface area contributed by atoms with Crippen molar-refractivity contribution >= 4 is 9.84 Å². The Balaban J connectivity index is 2.96. The van der Waals surface area contributed by atoms with Crippen LogP contribution in [0.5, 0.6) is 0 Å². The summed E-state index contributed by atoms with van der Waals surface area (Å²) in [6.45, 7) is 3.33. The van der Waals surface area contributed by atoms with Crippen LogP contribution in [0.1, 0.15) is 25.0 Å². The molecule has 0 amide bonds. The van der Waals surface area contributed by atoms with Gasteiger partial charge in [-0.25, -0.2) is 8.42 Å². The van der Waals surface area contributed by atoms with E-state index in [0.29, 0.717) is 11.1 Å². The molecule has 92 valence electrons. The molecule has 0 bridgehead atoms. The largest absolute Gasteiger partial charge is 0.325 e. The lowest BCUT2D eigenvalue weighted by molar-refractivity contribution is 0.544. The second-order valence-electron chi connectivity index (χ2n) is 4.79. The first-order valence-corrected chi connectivity index (χ1v) is 7.03. The van der Waals surface area contributed by atoms with Crippen LogP contribution in [0.4, 0.5) is 0 Å². The van der Waals surface area contributed by atoms with Crippen LogP contribution in [0.3, 0.4) is 0 Å². The van der Waals surface area contributed by atoms with E-state index in [1.165, 1.54) is 0 Å². The summed E-state index contributed by atoms with van der Waals surface area (Å²) in [5, 5.41) is 8.88. The van der Waals surface area contributed by atoms with Crippen LogP contribution in [0, 0.1) is 11.3 Å². The molecule has 1 rings (SSSR count). The minimum atomic E-state index is -3.30. The van der Waals surface area contributed by atoms with Gasteiger partial charge in [-0.1, -0.05) is 18.2 Å². The third-order valence-electron chi connectivity index (χ3n) is 2.11. The maximum atomic E-state index is 11.9. The lowest BCUT2D eigenvalue weighted by Crippen LogP contribution is -2.40. The van der Waals surface area contributed by atoms with E-state index in [2.05, 4.69) is 0 Å². The van der Waals surface area contributed by atoms with Crippen LogP contribution in [-0.4, -0.2) is 19.7 Å². The Morgan fingerprint density at radius 3 is 2.47 bits per heavy atom. The van der Waals surface area contributed by atoms with Gasteiger partial charge in [-0.3, -0.25) is 0 Å². The van der Waals surface area contributed by atoms with Crippen molar-refractivity contribution in [3.05, 3.63) is 35.4 Å². The summed E-state index contributed by atoms with van der Waals surface area (Å²) in [7, 11) is -3.30. The van der Waals surface area contributed by atoms with Gasteiger partial charge in [0.2, 0.25) is 0 Å². The van der Waals surface area contributed by atoms with E-state index in [1.807, 2.05) is 6.07 Å². The number of nitrogens with zero attached hydrogens (tertiary/aromatic N) is 1. The third kappa shape index (κ3) is 4.55. The minimum absolute atomic E-state index is 0.0975. The molecule has 4 nitrogen and oxygen atoms in total. The topological polar surface area (TPSA) is 84.0 Å². The van der Waals surface area contributed by atoms with Crippen molar-refractivity contribution in [1.82, 2.24) is 0 Å². The fraction of sp³-hybridized carbons (Fsp3) is 0.417. The predicted molar refractivity (Wildman–Crippen MR) is 66.9 cm³/mol. The van der Waals surface area contributed by atoms with Gasteiger partial charge in [-0.2, -0.15) is 5.26 Å². The molecule has 1 aromatic rings. The van der Waals surface area contributed by atoms with E-state index in [9.17, 15) is 8.42 Å². The third-order valence-corrected chi connectivity index (χ3v) is 4.04. The van der Waals surface area contributed by atoms with E-state index in [0.717, 1.165) is 0 Å². The van der Waals surface area contributed by atoms with E-state index >= 15 is 0 Å². The van der Waals surface area contributed by atoms with Gasteiger partial charge in [0.05, 0.1) is 23.1 Å². The Kier molecular flexibility index (Phi) is 3.91. The zero-order chi connectivity index (χ0) is 13.1. The van der Waals surface area contributed by atoms with Crippen molar-refractivity contribution in [3.63, 3.8) is 0 Å². The lowest BCUT2D eigenvalue weighted by atomic mass is 10.1. The maximum absolute atomic E-state index is 11.9. The first kappa shape index (κ1) is 13.7. The van der Waals surface area contributed by atoms with Crippen LogP contribution in [-0.2, 0) is 15.6 Å². The number of hydrogen-bond donors (Lipinski definition) is 1. The zero-order valence-corrected chi connectivity index (χ0v) is 10.8. The molecule has 17 heavy (non-hydrogen) atoms. The first-order valence-electron chi connectivity index (χ1n) is 5.21. The first-order chi connectivity index (χ1) is 7.73. The molecule has 0 fully saturated rings. The number of benzene rings is 1. The molecule has 0 spiro atoms. The Bertz CT molecular complexity index is 536. The van der Waals surface area contributed by atoms with Gasteiger partial charge in [-0.15, -0.1) is 0 Å². The standard InChI is InChI=1S/C12H16N2O2S/c1-12(2,14)9-17(15,16)8-11-6-4-3-5-10(11)7-13/h3-6H,8-9,14H2,1-2H3. The molecule has 0 aliphatic carbocycles. The Morgan fingerprint density at radius 2 is 1.94 bits per heavy atom. The van der Waals surface area contributed by atoms with Gasteiger partial charge in [-0.05, 0) is 25.5 Å². The lowest BCUT2D eigenvalue weighted by Gasteiger charge is -2.18. The van der Waals surface area contributed by atoms with Gasteiger partial charge < -0.3 is 5.73 Å². The second kappa shape index (κ2) is 4.86. The summed E-state index contributed by atoms with van der Waals surface area (Å²) in [5.41, 5.74) is 5.86. The molecular weight excluding hydrogens is 236 g/mol. The van der Waals surface area contributed by atoms with Gasteiger partial charge in [0.15, 0.2) is 9.84 Å². The Labute approximate surface area is 102 Å². The fourth-order valence-corrected chi connectivity index (χ4v) is 3.57. The van der Waals surface area contributed by atoms with Crippen LogP contribution in [0.25, 0.3) is 0 Å². The van der Waals surface area contributed by atoms with Crippen LogP contribution in [0.15, 0.2) is 24.3 Å². The highest BCUT2D eigenvalue weighted by atomic mass is 32.2. The average Bonchev–Trinajstić information content (AvgIpc) is 2.14. The van der Waals surface area contributed by atoms with Crippen LogP contribution in [0.2, 0.25) is 0 Å². The summed E-state index contributed by atoms with van der Waals surface area (Å²) in [6.07, 6.45) is 0. The molecule has 0 radical (unpaired) electrons. The molecular formula is C12H16N2O2S. The van der Waals surface area contributed by atoms with Crippen LogP contribution >= 0.6 is 0 Å². The molecule has 0 aliphatic heterocycles. The van der Waals surface area contributed by atoms with Crippen molar-refractivity contribution in [2.24, 2.45) is 5.73 Å². The van der Waals surface area contributed by atoms with E-state index in [4.69, 9.17) is 11.0 Å². The molecule has 0 unspecified atom stereocenters. The fourth-order valence-electron chi connectivity index (χ4n) is 1.61.